The van der Waals surface area contributed by atoms with Crippen LogP contribution in [0.1, 0.15) is 25.7 Å². The molecule has 2 aromatic heterocycles. The summed E-state index contributed by atoms with van der Waals surface area (Å²) in [7, 11) is 0. The Bertz CT molecular complexity index is 508. The predicted octanol–water partition coefficient (Wildman–Crippen LogP) is 2.02. The summed E-state index contributed by atoms with van der Waals surface area (Å²) in [5.41, 5.74) is 0.715. The van der Waals surface area contributed by atoms with E-state index in [1.165, 1.54) is 12.8 Å². The zero-order chi connectivity index (χ0) is 11.0. The molecule has 0 spiro atoms. The van der Waals surface area contributed by atoms with Gasteiger partial charge in [0.05, 0.1) is 0 Å². The Labute approximate surface area is 96.4 Å². The third-order valence-electron chi connectivity index (χ3n) is 2.77. The van der Waals surface area contributed by atoms with Crippen molar-refractivity contribution in [3.63, 3.8) is 0 Å². The number of nitrogens with one attached hydrogen (secondary N) is 1. The van der Waals surface area contributed by atoms with Crippen LogP contribution in [0.5, 0.6) is 0 Å². The van der Waals surface area contributed by atoms with Gasteiger partial charge in [-0.15, -0.1) is 0 Å². The summed E-state index contributed by atoms with van der Waals surface area (Å²) in [6.45, 7) is 0. The fourth-order valence-corrected chi connectivity index (χ4v) is 2.15. The molecule has 6 nitrogen and oxygen atoms in total. The highest BCUT2D eigenvalue weighted by Gasteiger charge is 2.18. The number of hydrogen-bond donors (Lipinski definition) is 1. The third kappa shape index (κ3) is 1.69. The monoisotopic (exact) mass is 239 g/mol. The van der Waals surface area contributed by atoms with E-state index in [-0.39, 0.29) is 0 Å². The van der Waals surface area contributed by atoms with Crippen molar-refractivity contribution in [2.75, 3.05) is 5.32 Å². The van der Waals surface area contributed by atoms with Crippen LogP contribution in [0.4, 0.5) is 5.82 Å². The van der Waals surface area contributed by atoms with Crippen LogP contribution in [0.3, 0.4) is 0 Å². The molecule has 0 saturated heterocycles. The standard InChI is InChI=1S/C9H10ClN5O/c10-6-7(11-5-3-1-2-4-5)13-9-8(12-6)14-16-15-9/h5H,1-4H2,(H,11,13,15). The largest absolute Gasteiger partial charge is 0.365 e. The van der Waals surface area contributed by atoms with Gasteiger partial charge in [-0.2, -0.15) is 0 Å². The van der Waals surface area contributed by atoms with Gasteiger partial charge in [0.2, 0.25) is 11.3 Å². The van der Waals surface area contributed by atoms with E-state index in [0.29, 0.717) is 28.3 Å². The lowest BCUT2D eigenvalue weighted by atomic mass is 10.2. The number of hydrogen-bond acceptors (Lipinski definition) is 6. The van der Waals surface area contributed by atoms with E-state index in [1.54, 1.807) is 0 Å². The van der Waals surface area contributed by atoms with Crippen molar-refractivity contribution in [1.82, 2.24) is 20.3 Å². The van der Waals surface area contributed by atoms with Gasteiger partial charge in [-0.1, -0.05) is 24.4 Å². The summed E-state index contributed by atoms with van der Waals surface area (Å²) in [6, 6.07) is 0.434. The van der Waals surface area contributed by atoms with Crippen molar-refractivity contribution >= 4 is 28.7 Å². The van der Waals surface area contributed by atoms with Crippen molar-refractivity contribution in [1.29, 1.82) is 0 Å². The van der Waals surface area contributed by atoms with Crippen molar-refractivity contribution in [3.8, 4) is 0 Å². The van der Waals surface area contributed by atoms with Gasteiger partial charge in [0.25, 0.3) is 0 Å². The Hall–Kier alpha value is -1.43. The zero-order valence-electron chi connectivity index (χ0n) is 8.48. The SMILES string of the molecule is Clc1nc2nonc2nc1NC1CCCC1. The first kappa shape index (κ1) is 9.77. The quantitative estimate of drug-likeness (QED) is 0.864. The Kier molecular flexibility index (Phi) is 2.36. The Morgan fingerprint density at radius 1 is 1.12 bits per heavy atom. The summed E-state index contributed by atoms with van der Waals surface area (Å²) < 4.78 is 4.53. The molecule has 0 unspecified atom stereocenters. The molecular weight excluding hydrogens is 230 g/mol. The molecule has 1 aliphatic carbocycles. The highest BCUT2D eigenvalue weighted by Crippen LogP contribution is 2.25. The molecule has 16 heavy (non-hydrogen) atoms. The first-order valence-electron chi connectivity index (χ1n) is 5.25. The molecule has 0 aliphatic heterocycles. The van der Waals surface area contributed by atoms with E-state index >= 15 is 0 Å². The van der Waals surface area contributed by atoms with Crippen LogP contribution in [-0.2, 0) is 0 Å². The van der Waals surface area contributed by atoms with Crippen LogP contribution < -0.4 is 5.32 Å². The summed E-state index contributed by atoms with van der Waals surface area (Å²) in [5, 5.41) is 10.8. The van der Waals surface area contributed by atoms with Gasteiger partial charge in [-0.25, -0.2) is 14.6 Å². The topological polar surface area (TPSA) is 76.7 Å². The van der Waals surface area contributed by atoms with Gasteiger partial charge in [-0.05, 0) is 23.2 Å². The molecule has 2 aromatic rings. The van der Waals surface area contributed by atoms with Gasteiger partial charge < -0.3 is 5.32 Å². The zero-order valence-corrected chi connectivity index (χ0v) is 9.24. The van der Waals surface area contributed by atoms with Crippen LogP contribution in [0, 0.1) is 0 Å². The minimum Gasteiger partial charge on any atom is -0.365 e. The van der Waals surface area contributed by atoms with Crippen LogP contribution in [0.25, 0.3) is 11.3 Å². The van der Waals surface area contributed by atoms with Crippen LogP contribution in [0.2, 0.25) is 5.15 Å². The number of rotatable bonds is 2. The van der Waals surface area contributed by atoms with E-state index in [2.05, 4.69) is 30.2 Å². The molecule has 1 aliphatic rings. The van der Waals surface area contributed by atoms with Crippen LogP contribution >= 0.6 is 11.6 Å². The number of nitrogens with zero attached hydrogens (tertiary/aromatic N) is 4. The highest BCUT2D eigenvalue weighted by molar-refractivity contribution is 6.32. The van der Waals surface area contributed by atoms with E-state index < -0.39 is 0 Å². The van der Waals surface area contributed by atoms with Crippen molar-refractivity contribution in [3.05, 3.63) is 5.15 Å². The molecule has 1 N–H and O–H groups in total. The average Bonchev–Trinajstić information content (AvgIpc) is 2.89. The van der Waals surface area contributed by atoms with E-state index in [1.807, 2.05) is 0 Å². The molecule has 0 amide bonds. The predicted molar refractivity (Wildman–Crippen MR) is 58.3 cm³/mol. The maximum atomic E-state index is 5.99. The first-order valence-corrected chi connectivity index (χ1v) is 5.63. The van der Waals surface area contributed by atoms with Gasteiger partial charge >= 0.3 is 0 Å². The normalized spacial score (nSPS) is 17.1. The smallest absolute Gasteiger partial charge is 0.245 e. The van der Waals surface area contributed by atoms with Crippen LogP contribution in [0.15, 0.2) is 4.63 Å². The van der Waals surface area contributed by atoms with Gasteiger partial charge in [0.1, 0.15) is 0 Å². The lowest BCUT2D eigenvalue weighted by Gasteiger charge is -2.12. The van der Waals surface area contributed by atoms with E-state index in [4.69, 9.17) is 11.6 Å². The average molecular weight is 240 g/mol. The molecule has 84 valence electrons. The maximum absolute atomic E-state index is 5.99. The van der Waals surface area contributed by atoms with Crippen molar-refractivity contribution < 1.29 is 4.63 Å². The minimum atomic E-state index is 0.315. The Morgan fingerprint density at radius 2 is 1.81 bits per heavy atom. The maximum Gasteiger partial charge on any atom is 0.245 e. The molecule has 0 atom stereocenters. The second-order valence-corrected chi connectivity index (χ2v) is 4.26. The molecule has 2 heterocycles. The van der Waals surface area contributed by atoms with E-state index in [0.717, 1.165) is 12.8 Å². The molecule has 0 aromatic carbocycles. The Balaban J connectivity index is 1.92. The summed E-state index contributed by atoms with van der Waals surface area (Å²) in [5.74, 6) is 0.566. The number of anilines is 1. The first-order chi connectivity index (χ1) is 7.83. The third-order valence-corrected chi connectivity index (χ3v) is 3.03. The second-order valence-electron chi connectivity index (χ2n) is 3.90. The number of aromatic nitrogens is 4. The van der Waals surface area contributed by atoms with Crippen molar-refractivity contribution in [2.24, 2.45) is 0 Å². The molecule has 1 saturated carbocycles. The number of halogens is 1. The fraction of sp³-hybridized carbons (Fsp3) is 0.556. The van der Waals surface area contributed by atoms with Gasteiger partial charge in [-0.3, -0.25) is 0 Å². The molecule has 7 heteroatoms. The minimum absolute atomic E-state index is 0.315. The molecule has 0 bridgehead atoms. The van der Waals surface area contributed by atoms with Crippen LogP contribution in [-0.4, -0.2) is 26.3 Å². The highest BCUT2D eigenvalue weighted by atomic mass is 35.5. The molecule has 0 radical (unpaired) electrons. The molecular formula is C9H10ClN5O. The van der Waals surface area contributed by atoms with Crippen molar-refractivity contribution in [2.45, 2.75) is 31.7 Å². The van der Waals surface area contributed by atoms with Gasteiger partial charge in [0.15, 0.2) is 11.0 Å². The molecule has 3 rings (SSSR count). The summed E-state index contributed by atoms with van der Waals surface area (Å²) in [6.07, 6.45) is 4.78. The summed E-state index contributed by atoms with van der Waals surface area (Å²) in [4.78, 5) is 8.28. The lowest BCUT2D eigenvalue weighted by molar-refractivity contribution is 0.314. The fourth-order valence-electron chi connectivity index (χ4n) is 1.97. The lowest BCUT2D eigenvalue weighted by Crippen LogP contribution is -2.16. The van der Waals surface area contributed by atoms with E-state index in [9.17, 15) is 0 Å². The van der Waals surface area contributed by atoms with Gasteiger partial charge in [0, 0.05) is 6.04 Å². The Morgan fingerprint density at radius 3 is 2.56 bits per heavy atom. The molecule has 1 fully saturated rings. The second kappa shape index (κ2) is 3.86. The summed E-state index contributed by atoms with van der Waals surface area (Å²) >= 11 is 5.99. The number of fused-ring (bicyclic) bond motifs is 1.